The van der Waals surface area contributed by atoms with Gasteiger partial charge in [0.05, 0.1) is 12.8 Å². The molecule has 0 unspecified atom stereocenters. The molecule has 3 rings (SSSR count). The van der Waals surface area contributed by atoms with Crippen LogP contribution in [0.25, 0.3) is 0 Å². The smallest absolute Gasteiger partial charge is 0.225 e. The van der Waals surface area contributed by atoms with E-state index in [4.69, 9.17) is 4.42 Å². The lowest BCUT2D eigenvalue weighted by atomic mass is 9.92. The number of amides is 1. The molecule has 5 nitrogen and oxygen atoms in total. The fourth-order valence-electron chi connectivity index (χ4n) is 3.95. The number of benzene rings is 1. The molecule has 1 saturated heterocycles. The standard InChI is InChI=1S/C24H35N3O2/c1-18(2)21-8-5-9-22(19(3)4)24(21)25-23(28)10-11-26-12-14-27(15-13-26)17-20-7-6-16-29-20/h5-9,16,18-19H,10-15,17H2,1-4H3,(H,25,28). The third-order valence-electron chi connectivity index (χ3n) is 5.72. The number of carbonyl (C=O) groups is 1. The average molecular weight is 398 g/mol. The molecular weight excluding hydrogens is 362 g/mol. The summed E-state index contributed by atoms with van der Waals surface area (Å²) in [5, 5.41) is 3.23. The van der Waals surface area contributed by atoms with Gasteiger partial charge in [0.2, 0.25) is 5.91 Å². The molecule has 29 heavy (non-hydrogen) atoms. The van der Waals surface area contributed by atoms with Crippen LogP contribution in [0, 0.1) is 0 Å². The van der Waals surface area contributed by atoms with E-state index in [2.05, 4.69) is 61.0 Å². The first kappa shape index (κ1) is 21.6. The first-order valence-electron chi connectivity index (χ1n) is 10.8. The summed E-state index contributed by atoms with van der Waals surface area (Å²) in [5.74, 6) is 1.89. The lowest BCUT2D eigenvalue weighted by Gasteiger charge is -2.34. The quantitative estimate of drug-likeness (QED) is 0.703. The highest BCUT2D eigenvalue weighted by Gasteiger charge is 2.20. The number of piperazine rings is 1. The number of hydrogen-bond donors (Lipinski definition) is 1. The summed E-state index contributed by atoms with van der Waals surface area (Å²) in [7, 11) is 0. The van der Waals surface area contributed by atoms with E-state index in [-0.39, 0.29) is 5.91 Å². The molecule has 2 heterocycles. The number of nitrogens with one attached hydrogen (secondary N) is 1. The van der Waals surface area contributed by atoms with E-state index >= 15 is 0 Å². The van der Waals surface area contributed by atoms with Crippen molar-refractivity contribution in [1.82, 2.24) is 9.80 Å². The van der Waals surface area contributed by atoms with Crippen molar-refractivity contribution in [3.63, 3.8) is 0 Å². The molecule has 1 aromatic heterocycles. The third-order valence-corrected chi connectivity index (χ3v) is 5.72. The minimum Gasteiger partial charge on any atom is -0.468 e. The molecule has 0 saturated carbocycles. The maximum atomic E-state index is 12.7. The monoisotopic (exact) mass is 397 g/mol. The predicted molar refractivity (Wildman–Crippen MR) is 118 cm³/mol. The Balaban J connectivity index is 1.50. The van der Waals surface area contributed by atoms with Crippen molar-refractivity contribution in [2.75, 3.05) is 38.0 Å². The molecule has 158 valence electrons. The highest BCUT2D eigenvalue weighted by Crippen LogP contribution is 2.32. The van der Waals surface area contributed by atoms with Crippen LogP contribution in [0.1, 0.15) is 62.8 Å². The van der Waals surface area contributed by atoms with Crippen molar-refractivity contribution in [3.8, 4) is 0 Å². The summed E-state index contributed by atoms with van der Waals surface area (Å²) < 4.78 is 5.44. The predicted octanol–water partition coefficient (Wildman–Crippen LogP) is 4.67. The second kappa shape index (κ2) is 10.1. The molecule has 2 aromatic rings. The number of nitrogens with zero attached hydrogens (tertiary/aromatic N) is 2. The van der Waals surface area contributed by atoms with Crippen LogP contribution < -0.4 is 5.32 Å². The highest BCUT2D eigenvalue weighted by molar-refractivity contribution is 5.92. The second-order valence-corrected chi connectivity index (χ2v) is 8.62. The van der Waals surface area contributed by atoms with E-state index in [9.17, 15) is 4.79 Å². The molecule has 0 spiro atoms. The van der Waals surface area contributed by atoms with E-state index in [1.807, 2.05) is 12.1 Å². The summed E-state index contributed by atoms with van der Waals surface area (Å²) in [6.07, 6.45) is 2.26. The van der Waals surface area contributed by atoms with Gasteiger partial charge >= 0.3 is 0 Å². The molecule has 0 radical (unpaired) electrons. The Labute approximate surface area is 175 Å². The van der Waals surface area contributed by atoms with Crippen LogP contribution in [0.4, 0.5) is 5.69 Å². The van der Waals surface area contributed by atoms with Gasteiger partial charge in [-0.2, -0.15) is 0 Å². The number of furan rings is 1. The van der Waals surface area contributed by atoms with Crippen molar-refractivity contribution in [2.45, 2.75) is 52.5 Å². The Hall–Kier alpha value is -2.11. The molecule has 0 aliphatic carbocycles. The molecule has 0 bridgehead atoms. The van der Waals surface area contributed by atoms with Crippen LogP contribution in [0.3, 0.4) is 0 Å². The fourth-order valence-corrected chi connectivity index (χ4v) is 3.95. The van der Waals surface area contributed by atoms with Gasteiger partial charge in [-0.15, -0.1) is 0 Å². The summed E-state index contributed by atoms with van der Waals surface area (Å²) >= 11 is 0. The minimum absolute atomic E-state index is 0.109. The van der Waals surface area contributed by atoms with Crippen LogP contribution >= 0.6 is 0 Å². The average Bonchev–Trinajstić information content (AvgIpc) is 3.20. The van der Waals surface area contributed by atoms with Crippen LogP contribution in [0.15, 0.2) is 41.0 Å². The number of rotatable bonds is 8. The second-order valence-electron chi connectivity index (χ2n) is 8.62. The van der Waals surface area contributed by atoms with E-state index in [0.717, 1.165) is 50.7 Å². The van der Waals surface area contributed by atoms with Crippen molar-refractivity contribution in [3.05, 3.63) is 53.5 Å². The molecule has 1 N–H and O–H groups in total. The Morgan fingerprint density at radius 1 is 0.966 bits per heavy atom. The van der Waals surface area contributed by atoms with E-state index in [1.54, 1.807) is 6.26 Å². The van der Waals surface area contributed by atoms with Crippen LogP contribution in [-0.4, -0.2) is 48.4 Å². The van der Waals surface area contributed by atoms with Crippen molar-refractivity contribution < 1.29 is 9.21 Å². The highest BCUT2D eigenvalue weighted by atomic mass is 16.3. The van der Waals surface area contributed by atoms with E-state index in [1.165, 1.54) is 11.1 Å². The summed E-state index contributed by atoms with van der Waals surface area (Å²) in [6, 6.07) is 10.3. The number of para-hydroxylation sites is 1. The molecule has 1 aromatic carbocycles. The zero-order chi connectivity index (χ0) is 20.8. The van der Waals surface area contributed by atoms with E-state index in [0.29, 0.717) is 18.3 Å². The Bertz CT molecular complexity index is 749. The molecule has 1 aliphatic rings. The molecule has 0 atom stereocenters. The van der Waals surface area contributed by atoms with Crippen LogP contribution in [0.2, 0.25) is 0 Å². The van der Waals surface area contributed by atoms with Gasteiger partial charge in [-0.25, -0.2) is 0 Å². The Morgan fingerprint density at radius 3 is 2.14 bits per heavy atom. The molecule has 1 aliphatic heterocycles. The molecule has 1 fully saturated rings. The molecular formula is C24H35N3O2. The van der Waals surface area contributed by atoms with Gasteiger partial charge in [0.1, 0.15) is 5.76 Å². The SMILES string of the molecule is CC(C)c1cccc(C(C)C)c1NC(=O)CCN1CCN(Cc2ccco2)CC1. The number of anilines is 1. The van der Waals surface area contributed by atoms with Gasteiger partial charge in [-0.3, -0.25) is 9.69 Å². The lowest BCUT2D eigenvalue weighted by Crippen LogP contribution is -2.46. The molecule has 1 amide bonds. The van der Waals surface area contributed by atoms with Crippen molar-refractivity contribution in [2.24, 2.45) is 0 Å². The zero-order valence-corrected chi connectivity index (χ0v) is 18.3. The zero-order valence-electron chi connectivity index (χ0n) is 18.3. The first-order chi connectivity index (χ1) is 13.9. The topological polar surface area (TPSA) is 48.7 Å². The summed E-state index contributed by atoms with van der Waals surface area (Å²) in [5.41, 5.74) is 3.46. The third kappa shape index (κ3) is 5.94. The Morgan fingerprint density at radius 2 is 1.59 bits per heavy atom. The largest absolute Gasteiger partial charge is 0.468 e. The fraction of sp³-hybridized carbons (Fsp3) is 0.542. The van der Waals surface area contributed by atoms with Crippen molar-refractivity contribution in [1.29, 1.82) is 0 Å². The number of hydrogen-bond acceptors (Lipinski definition) is 4. The first-order valence-corrected chi connectivity index (χ1v) is 10.8. The van der Waals surface area contributed by atoms with Crippen LogP contribution in [0.5, 0.6) is 0 Å². The maximum absolute atomic E-state index is 12.7. The normalized spacial score (nSPS) is 15.9. The number of carbonyl (C=O) groups excluding carboxylic acids is 1. The van der Waals surface area contributed by atoms with Gasteiger partial charge in [0.25, 0.3) is 0 Å². The van der Waals surface area contributed by atoms with Gasteiger partial charge in [0.15, 0.2) is 0 Å². The van der Waals surface area contributed by atoms with Crippen molar-refractivity contribution >= 4 is 11.6 Å². The maximum Gasteiger partial charge on any atom is 0.225 e. The lowest BCUT2D eigenvalue weighted by molar-refractivity contribution is -0.116. The van der Waals surface area contributed by atoms with Gasteiger partial charge < -0.3 is 14.6 Å². The summed E-state index contributed by atoms with van der Waals surface area (Å²) in [4.78, 5) is 17.5. The summed E-state index contributed by atoms with van der Waals surface area (Å²) in [6.45, 7) is 14.4. The van der Waals surface area contributed by atoms with Gasteiger partial charge in [-0.1, -0.05) is 45.9 Å². The van der Waals surface area contributed by atoms with Crippen LogP contribution in [-0.2, 0) is 11.3 Å². The molecule has 5 heteroatoms. The Kier molecular flexibility index (Phi) is 7.51. The van der Waals surface area contributed by atoms with E-state index < -0.39 is 0 Å². The minimum atomic E-state index is 0.109. The van der Waals surface area contributed by atoms with Gasteiger partial charge in [0, 0.05) is 44.8 Å². The van der Waals surface area contributed by atoms with Gasteiger partial charge in [-0.05, 0) is 35.1 Å².